The van der Waals surface area contributed by atoms with Gasteiger partial charge in [0.2, 0.25) is 11.8 Å². The van der Waals surface area contributed by atoms with Crippen molar-refractivity contribution < 1.29 is 27.2 Å². The van der Waals surface area contributed by atoms with Crippen molar-refractivity contribution in [1.82, 2.24) is 25.0 Å². The van der Waals surface area contributed by atoms with E-state index in [1.54, 1.807) is 44.4 Å². The standard InChI is InChI=1S/C35H52FN5O5S/c1-23(2)28(20-24(3)31(42)40-47(45,46)38-22-26-17-15-14-16-25(26)21-36)41(10)33(44)30(34(4,5)6)39-32(43)29(37-9)35(7,8)27-18-12-11-13-19-27/h11-20,23,28-30,37-38H,21-22H2,1-10H3,(H,39,43)(H,40,42)/b24-20+/t28-,29-,30-/m1/s1. The lowest BCUT2D eigenvalue weighted by Gasteiger charge is -2.40. The summed E-state index contributed by atoms with van der Waals surface area (Å²) in [5.41, 5.74) is 0.562. The summed E-state index contributed by atoms with van der Waals surface area (Å²) in [6.07, 6.45) is 1.54. The van der Waals surface area contributed by atoms with Crippen LogP contribution in [-0.2, 0) is 43.2 Å². The molecule has 0 radical (unpaired) electrons. The molecule has 0 aromatic heterocycles. The highest BCUT2D eigenvalue weighted by molar-refractivity contribution is 7.88. The lowest BCUT2D eigenvalue weighted by Crippen LogP contribution is -2.61. The third-order valence-corrected chi connectivity index (χ3v) is 9.37. The molecule has 47 heavy (non-hydrogen) atoms. The smallest absolute Gasteiger partial charge is 0.301 e. The number of benzene rings is 2. The minimum absolute atomic E-state index is 0.0779. The van der Waals surface area contributed by atoms with Gasteiger partial charge in [-0.15, -0.1) is 0 Å². The van der Waals surface area contributed by atoms with Gasteiger partial charge in [0, 0.05) is 24.6 Å². The molecular weight excluding hydrogens is 621 g/mol. The van der Waals surface area contributed by atoms with E-state index in [0.717, 1.165) is 5.56 Å². The van der Waals surface area contributed by atoms with Gasteiger partial charge in [0.05, 0.1) is 12.1 Å². The Bertz CT molecular complexity index is 1520. The van der Waals surface area contributed by atoms with Crippen LogP contribution in [0.25, 0.3) is 0 Å². The Labute approximate surface area is 280 Å². The van der Waals surface area contributed by atoms with Gasteiger partial charge in [-0.05, 0) is 42.0 Å². The summed E-state index contributed by atoms with van der Waals surface area (Å²) in [5, 5.41) is 6.12. The van der Waals surface area contributed by atoms with Gasteiger partial charge in [-0.3, -0.25) is 14.4 Å². The van der Waals surface area contributed by atoms with E-state index in [0.29, 0.717) is 11.1 Å². The summed E-state index contributed by atoms with van der Waals surface area (Å²) in [5.74, 6) is -1.73. The van der Waals surface area contributed by atoms with Gasteiger partial charge < -0.3 is 15.5 Å². The zero-order valence-electron chi connectivity index (χ0n) is 29.3. The lowest BCUT2D eigenvalue weighted by molar-refractivity contribution is -0.140. The number of nitrogens with one attached hydrogen (secondary N) is 4. The van der Waals surface area contributed by atoms with E-state index >= 15 is 0 Å². The van der Waals surface area contributed by atoms with Crippen LogP contribution in [0.15, 0.2) is 66.2 Å². The van der Waals surface area contributed by atoms with Crippen LogP contribution in [0.2, 0.25) is 0 Å². The number of hydrogen-bond donors (Lipinski definition) is 4. The predicted molar refractivity (Wildman–Crippen MR) is 184 cm³/mol. The third-order valence-electron chi connectivity index (χ3n) is 8.39. The van der Waals surface area contributed by atoms with Crippen LogP contribution in [0.1, 0.15) is 72.1 Å². The molecule has 0 spiro atoms. The van der Waals surface area contributed by atoms with E-state index < -0.39 is 51.7 Å². The van der Waals surface area contributed by atoms with Gasteiger partial charge in [-0.25, -0.2) is 9.11 Å². The molecule has 0 fully saturated rings. The summed E-state index contributed by atoms with van der Waals surface area (Å²) < 4.78 is 42.8. The van der Waals surface area contributed by atoms with E-state index in [1.807, 2.05) is 83.5 Å². The van der Waals surface area contributed by atoms with Gasteiger partial charge in [-0.2, -0.15) is 13.1 Å². The quantitative estimate of drug-likeness (QED) is 0.210. The lowest BCUT2D eigenvalue weighted by atomic mass is 9.76. The Balaban J connectivity index is 2.26. The molecule has 2 rings (SSSR count). The second kappa shape index (κ2) is 16.5. The summed E-state index contributed by atoms with van der Waals surface area (Å²) in [7, 11) is -0.967. The van der Waals surface area contributed by atoms with Crippen molar-refractivity contribution in [3.05, 3.63) is 82.9 Å². The molecule has 0 aliphatic rings. The monoisotopic (exact) mass is 673 g/mol. The molecule has 3 amide bonds. The average molecular weight is 674 g/mol. The first-order valence-electron chi connectivity index (χ1n) is 15.7. The number of rotatable bonds is 15. The molecule has 0 aliphatic carbocycles. The van der Waals surface area contributed by atoms with Crippen molar-refractivity contribution in [3.8, 4) is 0 Å². The second-order valence-corrected chi connectivity index (χ2v) is 15.3. The molecule has 2 aromatic rings. The molecule has 0 saturated heterocycles. The third kappa shape index (κ3) is 10.7. The number of carbonyl (C=O) groups is 3. The summed E-state index contributed by atoms with van der Waals surface area (Å²) in [6, 6.07) is 14.0. The van der Waals surface area contributed by atoms with Crippen LogP contribution < -0.4 is 20.1 Å². The van der Waals surface area contributed by atoms with Crippen LogP contribution in [0, 0.1) is 11.3 Å². The Morgan fingerprint density at radius 2 is 1.47 bits per heavy atom. The molecule has 4 N–H and O–H groups in total. The molecule has 2 aromatic carbocycles. The molecule has 0 saturated carbocycles. The number of carbonyl (C=O) groups excluding carboxylic acids is 3. The average Bonchev–Trinajstić information content (AvgIpc) is 3.00. The first-order valence-corrected chi connectivity index (χ1v) is 17.2. The first-order chi connectivity index (χ1) is 21.8. The second-order valence-electron chi connectivity index (χ2n) is 13.8. The maximum Gasteiger partial charge on any atom is 0.301 e. The molecule has 0 bridgehead atoms. The van der Waals surface area contributed by atoms with Crippen LogP contribution >= 0.6 is 0 Å². The van der Waals surface area contributed by atoms with E-state index in [1.165, 1.54) is 11.8 Å². The van der Waals surface area contributed by atoms with Gasteiger partial charge in [0.15, 0.2) is 0 Å². The molecule has 0 heterocycles. The topological polar surface area (TPSA) is 137 Å². The number of halogens is 1. The van der Waals surface area contributed by atoms with E-state index in [9.17, 15) is 27.2 Å². The van der Waals surface area contributed by atoms with Gasteiger partial charge in [-0.1, -0.05) is 109 Å². The minimum atomic E-state index is -4.28. The maximum absolute atomic E-state index is 14.1. The molecule has 0 aliphatic heterocycles. The Morgan fingerprint density at radius 3 is 1.98 bits per heavy atom. The molecule has 12 heteroatoms. The van der Waals surface area contributed by atoms with Crippen LogP contribution in [0.4, 0.5) is 4.39 Å². The first kappa shape index (κ1) is 39.6. The van der Waals surface area contributed by atoms with Crippen LogP contribution in [0.3, 0.4) is 0 Å². The van der Waals surface area contributed by atoms with Crippen molar-refractivity contribution in [2.75, 3.05) is 14.1 Å². The Kier molecular flexibility index (Phi) is 13.9. The number of likely N-dealkylation sites (N-methyl/N-ethyl adjacent to an activating group) is 2. The van der Waals surface area contributed by atoms with Gasteiger partial charge >= 0.3 is 10.2 Å². The van der Waals surface area contributed by atoms with Crippen molar-refractivity contribution in [1.29, 1.82) is 0 Å². The number of amides is 3. The summed E-state index contributed by atoms with van der Waals surface area (Å²) >= 11 is 0. The van der Waals surface area contributed by atoms with Crippen molar-refractivity contribution in [3.63, 3.8) is 0 Å². The van der Waals surface area contributed by atoms with E-state index in [4.69, 9.17) is 0 Å². The predicted octanol–water partition coefficient (Wildman–Crippen LogP) is 4.13. The van der Waals surface area contributed by atoms with Gasteiger partial charge in [0.1, 0.15) is 12.7 Å². The maximum atomic E-state index is 14.1. The highest BCUT2D eigenvalue weighted by atomic mass is 32.2. The minimum Gasteiger partial charge on any atom is -0.342 e. The fourth-order valence-corrected chi connectivity index (χ4v) is 6.26. The highest BCUT2D eigenvalue weighted by Gasteiger charge is 2.41. The zero-order valence-corrected chi connectivity index (χ0v) is 30.1. The van der Waals surface area contributed by atoms with Crippen molar-refractivity contribution in [2.24, 2.45) is 11.3 Å². The number of nitrogens with zero attached hydrogens (tertiary/aromatic N) is 1. The molecule has 3 atom stereocenters. The number of hydrogen-bond acceptors (Lipinski definition) is 6. The fourth-order valence-electron chi connectivity index (χ4n) is 5.43. The summed E-state index contributed by atoms with van der Waals surface area (Å²) in [6.45, 7) is 13.8. The normalized spacial score (nSPS) is 14.7. The Morgan fingerprint density at radius 1 is 0.915 bits per heavy atom. The molecule has 10 nitrogen and oxygen atoms in total. The molecule has 260 valence electrons. The molecular formula is C35H52FN5O5S. The van der Waals surface area contributed by atoms with Crippen LogP contribution in [-0.4, -0.2) is 63.3 Å². The molecule has 0 unspecified atom stereocenters. The number of alkyl halides is 1. The SMILES string of the molecule is CN[C@H](C(=O)N[C@H](C(=O)N(C)[C@H](/C=C(\C)C(=O)NS(=O)(=O)NCc1ccccc1CF)C(C)C)C(C)(C)C)C(C)(C)c1ccccc1. The van der Waals surface area contributed by atoms with E-state index in [-0.39, 0.29) is 29.9 Å². The Hall–Kier alpha value is -3.61. The van der Waals surface area contributed by atoms with E-state index in [2.05, 4.69) is 15.4 Å². The highest BCUT2D eigenvalue weighted by Crippen LogP contribution is 2.29. The van der Waals surface area contributed by atoms with Gasteiger partial charge in [0.25, 0.3) is 5.91 Å². The zero-order chi connectivity index (χ0) is 35.7. The van der Waals surface area contributed by atoms with Crippen molar-refractivity contribution in [2.45, 2.75) is 92.1 Å². The largest absolute Gasteiger partial charge is 0.342 e. The fraction of sp³-hybridized carbons (Fsp3) is 0.514. The van der Waals surface area contributed by atoms with Crippen LogP contribution in [0.5, 0.6) is 0 Å². The van der Waals surface area contributed by atoms with Crippen molar-refractivity contribution >= 4 is 27.9 Å². The summed E-state index contributed by atoms with van der Waals surface area (Å²) in [4.78, 5) is 42.3.